The van der Waals surface area contributed by atoms with Gasteiger partial charge in [0.05, 0.1) is 17.5 Å². The van der Waals surface area contributed by atoms with Gasteiger partial charge in [0.15, 0.2) is 0 Å². The molecule has 2 aliphatic rings. The molecule has 0 spiro atoms. The van der Waals surface area contributed by atoms with Gasteiger partial charge in [-0.15, -0.1) is 0 Å². The van der Waals surface area contributed by atoms with E-state index in [0.29, 0.717) is 18.0 Å². The average Bonchev–Trinajstić information content (AvgIpc) is 2.74. The first-order chi connectivity index (χ1) is 14.1. The second-order valence-electron chi connectivity index (χ2n) is 7.68. The number of nitrogens with one attached hydrogen (secondary N) is 1. The number of quaternary nitrogens is 1. The SMILES string of the molecule is CC(C)[NH+]1C=C(Cc2cccnc2)C2=C(C1)[C@@H](c1cccnc1)C(C#N)=C(N)O2. The molecule has 0 aromatic carbocycles. The maximum absolute atomic E-state index is 9.82. The van der Waals surface area contributed by atoms with Crippen molar-refractivity contribution in [1.82, 2.24) is 9.97 Å². The fourth-order valence-corrected chi connectivity index (χ4v) is 3.95. The minimum absolute atomic E-state index is 0.171. The van der Waals surface area contributed by atoms with Crippen LogP contribution in [0.5, 0.6) is 0 Å². The Bertz CT molecular complexity index is 1030. The van der Waals surface area contributed by atoms with Gasteiger partial charge in [-0.25, -0.2) is 0 Å². The van der Waals surface area contributed by atoms with Gasteiger partial charge in [0, 0.05) is 36.8 Å². The summed E-state index contributed by atoms with van der Waals surface area (Å²) in [6.07, 6.45) is 10.1. The van der Waals surface area contributed by atoms with Gasteiger partial charge in [0.2, 0.25) is 5.88 Å². The van der Waals surface area contributed by atoms with Crippen LogP contribution in [-0.2, 0) is 11.2 Å². The summed E-state index contributed by atoms with van der Waals surface area (Å²) in [7, 11) is 0. The molecular formula is C23H24N5O+. The number of ether oxygens (including phenoxy) is 1. The number of pyridine rings is 2. The third-order valence-electron chi connectivity index (χ3n) is 5.45. The predicted octanol–water partition coefficient (Wildman–Crippen LogP) is 1.97. The number of allylic oxidation sites excluding steroid dienone is 2. The normalized spacial score (nSPS) is 21.4. The highest BCUT2D eigenvalue weighted by Gasteiger charge is 2.39. The minimum atomic E-state index is -0.246. The van der Waals surface area contributed by atoms with Crippen LogP contribution in [0.15, 0.2) is 83.6 Å². The van der Waals surface area contributed by atoms with Gasteiger partial charge in [-0.05, 0) is 37.1 Å². The number of nitrogens with two attached hydrogens (primary N) is 1. The molecule has 3 N–H and O–H groups in total. The van der Waals surface area contributed by atoms with Crippen LogP contribution in [0, 0.1) is 11.3 Å². The molecule has 0 bridgehead atoms. The van der Waals surface area contributed by atoms with Gasteiger partial charge in [-0.3, -0.25) is 9.97 Å². The molecule has 0 saturated carbocycles. The smallest absolute Gasteiger partial charge is 0.205 e. The van der Waals surface area contributed by atoms with Gasteiger partial charge >= 0.3 is 0 Å². The number of hydrogen-bond donors (Lipinski definition) is 2. The molecule has 0 saturated heterocycles. The van der Waals surface area contributed by atoms with Gasteiger partial charge in [-0.1, -0.05) is 12.1 Å². The van der Waals surface area contributed by atoms with E-state index < -0.39 is 0 Å². The quantitative estimate of drug-likeness (QED) is 0.839. The van der Waals surface area contributed by atoms with E-state index in [1.807, 2.05) is 24.4 Å². The summed E-state index contributed by atoms with van der Waals surface area (Å²) in [6.45, 7) is 5.13. The topological polar surface area (TPSA) is 89.3 Å². The van der Waals surface area contributed by atoms with Crippen molar-refractivity contribution in [2.75, 3.05) is 6.54 Å². The van der Waals surface area contributed by atoms with Crippen molar-refractivity contribution in [2.45, 2.75) is 32.2 Å². The van der Waals surface area contributed by atoms with Crippen molar-refractivity contribution in [3.8, 4) is 6.07 Å². The van der Waals surface area contributed by atoms with Gasteiger partial charge in [-0.2, -0.15) is 5.26 Å². The Hall–Kier alpha value is -3.43. The van der Waals surface area contributed by atoms with E-state index in [9.17, 15) is 5.26 Å². The molecule has 0 aliphatic carbocycles. The zero-order chi connectivity index (χ0) is 20.4. The van der Waals surface area contributed by atoms with Crippen LogP contribution in [-0.4, -0.2) is 22.6 Å². The molecule has 2 aromatic rings. The molecule has 4 heterocycles. The van der Waals surface area contributed by atoms with Crippen LogP contribution in [0.4, 0.5) is 0 Å². The lowest BCUT2D eigenvalue weighted by Gasteiger charge is -2.35. The molecule has 2 aromatic heterocycles. The van der Waals surface area contributed by atoms with E-state index in [0.717, 1.165) is 34.6 Å². The Morgan fingerprint density at radius 2 is 2.00 bits per heavy atom. The molecule has 0 radical (unpaired) electrons. The van der Waals surface area contributed by atoms with Gasteiger partial charge in [0.25, 0.3) is 0 Å². The molecule has 0 fully saturated rings. The second kappa shape index (κ2) is 7.90. The first-order valence-corrected chi connectivity index (χ1v) is 9.74. The number of hydrogen-bond acceptors (Lipinski definition) is 5. The number of rotatable bonds is 4. The highest BCUT2D eigenvalue weighted by atomic mass is 16.5. The minimum Gasteiger partial charge on any atom is -0.440 e. The van der Waals surface area contributed by atoms with Crippen LogP contribution in [0.3, 0.4) is 0 Å². The highest BCUT2D eigenvalue weighted by molar-refractivity contribution is 5.52. The van der Waals surface area contributed by atoms with E-state index in [1.54, 1.807) is 18.6 Å². The fraction of sp³-hybridized carbons (Fsp3) is 0.261. The molecule has 6 nitrogen and oxygen atoms in total. The van der Waals surface area contributed by atoms with Gasteiger partial charge in [0.1, 0.15) is 30.1 Å². The Morgan fingerprint density at radius 1 is 1.24 bits per heavy atom. The Balaban J connectivity index is 1.83. The summed E-state index contributed by atoms with van der Waals surface area (Å²) < 4.78 is 6.05. The summed E-state index contributed by atoms with van der Waals surface area (Å²) in [4.78, 5) is 9.82. The van der Waals surface area contributed by atoms with Crippen LogP contribution in [0.25, 0.3) is 0 Å². The molecule has 2 aliphatic heterocycles. The lowest BCUT2D eigenvalue weighted by molar-refractivity contribution is -0.866. The number of nitrogens with zero attached hydrogens (tertiary/aromatic N) is 3. The van der Waals surface area contributed by atoms with Crippen molar-refractivity contribution >= 4 is 0 Å². The first-order valence-electron chi connectivity index (χ1n) is 9.74. The third-order valence-corrected chi connectivity index (χ3v) is 5.45. The third kappa shape index (κ3) is 3.65. The molecule has 6 heteroatoms. The summed E-state index contributed by atoms with van der Waals surface area (Å²) in [6, 6.07) is 10.5. The Labute approximate surface area is 170 Å². The second-order valence-corrected chi connectivity index (χ2v) is 7.68. The zero-order valence-corrected chi connectivity index (χ0v) is 16.6. The summed E-state index contributed by atoms with van der Waals surface area (Å²) >= 11 is 0. The molecule has 29 heavy (non-hydrogen) atoms. The van der Waals surface area contributed by atoms with Crippen molar-refractivity contribution < 1.29 is 9.64 Å². The largest absolute Gasteiger partial charge is 0.440 e. The van der Waals surface area contributed by atoms with Gasteiger partial charge < -0.3 is 15.4 Å². The molecule has 1 unspecified atom stereocenters. The predicted molar refractivity (Wildman–Crippen MR) is 109 cm³/mol. The summed E-state index contributed by atoms with van der Waals surface area (Å²) in [5.41, 5.74) is 10.9. The number of aromatic nitrogens is 2. The molecule has 2 atom stereocenters. The average molecular weight is 386 g/mol. The Kier molecular flexibility index (Phi) is 5.15. The van der Waals surface area contributed by atoms with Crippen molar-refractivity contribution in [2.24, 2.45) is 5.73 Å². The molecule has 4 rings (SSSR count). The van der Waals surface area contributed by atoms with Crippen LogP contribution in [0.2, 0.25) is 0 Å². The van der Waals surface area contributed by atoms with Crippen molar-refractivity contribution in [1.29, 1.82) is 5.26 Å². The molecule has 0 amide bonds. The zero-order valence-electron chi connectivity index (χ0n) is 16.6. The lowest BCUT2D eigenvalue weighted by atomic mass is 9.80. The molecule has 146 valence electrons. The summed E-state index contributed by atoms with van der Waals surface area (Å²) in [5, 5.41) is 9.82. The monoisotopic (exact) mass is 386 g/mol. The standard InChI is InChI=1S/C23H23N5O/c1-15(2)28-13-18(9-16-5-3-7-26-11-16)22-20(14-28)21(17-6-4-8-27-12-17)19(10-24)23(25)29-22/h3-8,11-13,15,21H,9,14,25H2,1-2H3/p+1/t21-/m0/s1. The van der Waals surface area contributed by atoms with Crippen molar-refractivity contribution in [3.05, 3.63) is 94.7 Å². The van der Waals surface area contributed by atoms with E-state index in [-0.39, 0.29) is 11.8 Å². The van der Waals surface area contributed by atoms with E-state index >= 15 is 0 Å². The van der Waals surface area contributed by atoms with Crippen LogP contribution < -0.4 is 10.6 Å². The fourth-order valence-electron chi connectivity index (χ4n) is 3.95. The van der Waals surface area contributed by atoms with E-state index in [1.165, 1.54) is 4.90 Å². The maximum Gasteiger partial charge on any atom is 0.205 e. The number of nitriles is 1. The lowest BCUT2D eigenvalue weighted by Crippen LogP contribution is -3.11. The first kappa shape index (κ1) is 18.9. The van der Waals surface area contributed by atoms with E-state index in [4.69, 9.17) is 10.5 Å². The highest BCUT2D eigenvalue weighted by Crippen LogP contribution is 2.41. The Morgan fingerprint density at radius 3 is 2.62 bits per heavy atom. The van der Waals surface area contributed by atoms with Crippen molar-refractivity contribution in [3.63, 3.8) is 0 Å². The van der Waals surface area contributed by atoms with Crippen LogP contribution in [0.1, 0.15) is 30.9 Å². The molecular weight excluding hydrogens is 362 g/mol. The van der Waals surface area contributed by atoms with E-state index in [2.05, 4.69) is 42.2 Å². The summed E-state index contributed by atoms with van der Waals surface area (Å²) in [5.74, 6) is 0.706. The maximum atomic E-state index is 9.82. The van der Waals surface area contributed by atoms with Crippen LogP contribution >= 0.6 is 0 Å².